The average Bonchev–Trinajstić information content (AvgIpc) is 2.37. The first-order chi connectivity index (χ1) is 8.67. The molecule has 0 spiro atoms. The van der Waals surface area contributed by atoms with E-state index in [1.165, 1.54) is 0 Å². The molecule has 0 atom stereocenters. The largest absolute Gasteiger partial charge is 0.494 e. The van der Waals surface area contributed by atoms with Gasteiger partial charge >= 0.3 is 0 Å². The zero-order valence-electron chi connectivity index (χ0n) is 10.4. The summed E-state index contributed by atoms with van der Waals surface area (Å²) in [5, 5.41) is 3.25. The minimum atomic E-state index is -0.267. The Morgan fingerprint density at radius 1 is 1.33 bits per heavy atom. The van der Waals surface area contributed by atoms with Gasteiger partial charge in [0, 0.05) is 12.1 Å². The van der Waals surface area contributed by atoms with Crippen LogP contribution in [-0.4, -0.2) is 24.2 Å². The normalized spacial score (nSPS) is 9.44. The Balaban J connectivity index is 2.55. The molecule has 0 saturated carbocycles. The Hall–Kier alpha value is -1.82. The molecule has 1 aromatic rings. The summed E-state index contributed by atoms with van der Waals surface area (Å²) < 4.78 is 5.32. The number of carbonyl (C=O) groups is 1. The summed E-state index contributed by atoms with van der Waals surface area (Å²) in [5.41, 5.74) is 5.63. The molecule has 6 heteroatoms. The second-order valence-electron chi connectivity index (χ2n) is 3.40. The number of hydrogen-bond donors (Lipinski definition) is 3. The molecule has 0 unspecified atom stereocenters. The first-order valence-corrected chi connectivity index (χ1v) is 6.15. The van der Waals surface area contributed by atoms with Gasteiger partial charge in [-0.3, -0.25) is 15.6 Å². The highest BCUT2D eigenvalue weighted by atomic mass is 32.1. The monoisotopic (exact) mass is 267 g/mol. The van der Waals surface area contributed by atoms with Crippen molar-refractivity contribution < 1.29 is 9.53 Å². The second-order valence-corrected chi connectivity index (χ2v) is 3.81. The molecule has 0 aliphatic carbocycles. The number of thiocarbonyl (C=S) groups is 1. The molecule has 3 N–H and O–H groups in total. The zero-order chi connectivity index (χ0) is 13.4. The first kappa shape index (κ1) is 14.2. The lowest BCUT2D eigenvalue weighted by atomic mass is 10.2. The maximum Gasteiger partial charge on any atom is 0.269 e. The van der Waals surface area contributed by atoms with Crippen LogP contribution in [0.5, 0.6) is 5.75 Å². The van der Waals surface area contributed by atoms with Gasteiger partial charge in [0.05, 0.1) is 6.61 Å². The van der Waals surface area contributed by atoms with Gasteiger partial charge < -0.3 is 10.1 Å². The maximum absolute atomic E-state index is 11.8. The minimum Gasteiger partial charge on any atom is -0.494 e. The number of carbonyl (C=O) groups excluding carboxylic acids is 1. The molecule has 98 valence electrons. The highest BCUT2D eigenvalue weighted by Gasteiger charge is 2.06. The Morgan fingerprint density at radius 3 is 2.78 bits per heavy atom. The molecule has 18 heavy (non-hydrogen) atoms. The van der Waals surface area contributed by atoms with Crippen molar-refractivity contribution in [2.45, 2.75) is 13.8 Å². The number of hydrogen-bond acceptors (Lipinski definition) is 3. The van der Waals surface area contributed by atoms with Crippen molar-refractivity contribution in [3.8, 4) is 5.75 Å². The Morgan fingerprint density at radius 2 is 2.11 bits per heavy atom. The van der Waals surface area contributed by atoms with E-state index in [0.717, 1.165) is 0 Å². The molecule has 0 bridgehead atoms. The van der Waals surface area contributed by atoms with E-state index < -0.39 is 0 Å². The number of ether oxygens (including phenoxy) is 1. The van der Waals surface area contributed by atoms with E-state index in [0.29, 0.717) is 29.6 Å². The van der Waals surface area contributed by atoms with Gasteiger partial charge in [0.1, 0.15) is 5.75 Å². The Labute approximate surface area is 112 Å². The Kier molecular flexibility index (Phi) is 5.93. The molecular formula is C12H17N3O2S. The highest BCUT2D eigenvalue weighted by molar-refractivity contribution is 7.80. The van der Waals surface area contributed by atoms with Crippen LogP contribution in [0, 0.1) is 0 Å². The third-order valence-corrected chi connectivity index (χ3v) is 2.28. The summed E-state index contributed by atoms with van der Waals surface area (Å²) in [4.78, 5) is 11.8. The third-order valence-electron chi connectivity index (χ3n) is 2.03. The van der Waals surface area contributed by atoms with Crippen LogP contribution in [0.2, 0.25) is 0 Å². The smallest absolute Gasteiger partial charge is 0.269 e. The lowest BCUT2D eigenvalue weighted by Crippen LogP contribution is -2.46. The Bertz CT molecular complexity index is 424. The van der Waals surface area contributed by atoms with Crippen LogP contribution < -0.4 is 20.9 Å². The van der Waals surface area contributed by atoms with E-state index in [9.17, 15) is 4.79 Å². The van der Waals surface area contributed by atoms with E-state index in [1.54, 1.807) is 24.3 Å². The van der Waals surface area contributed by atoms with Crippen LogP contribution in [0.4, 0.5) is 0 Å². The minimum absolute atomic E-state index is 0.267. The van der Waals surface area contributed by atoms with Gasteiger partial charge in [-0.2, -0.15) is 0 Å². The van der Waals surface area contributed by atoms with Crippen LogP contribution >= 0.6 is 12.2 Å². The van der Waals surface area contributed by atoms with Gasteiger partial charge in [0.25, 0.3) is 5.91 Å². The van der Waals surface area contributed by atoms with Gasteiger partial charge in [-0.25, -0.2) is 0 Å². The zero-order valence-corrected chi connectivity index (χ0v) is 11.3. The number of benzene rings is 1. The summed E-state index contributed by atoms with van der Waals surface area (Å²) in [6.45, 7) is 5.07. The predicted octanol–water partition coefficient (Wildman–Crippen LogP) is 1.21. The molecule has 1 aromatic carbocycles. The van der Waals surface area contributed by atoms with Crippen molar-refractivity contribution >= 4 is 23.2 Å². The van der Waals surface area contributed by atoms with Gasteiger partial charge in [-0.15, -0.1) is 0 Å². The van der Waals surface area contributed by atoms with E-state index in [2.05, 4.69) is 16.2 Å². The molecule has 0 aromatic heterocycles. The average molecular weight is 267 g/mol. The van der Waals surface area contributed by atoms with Crippen molar-refractivity contribution in [1.29, 1.82) is 0 Å². The number of rotatable bonds is 4. The summed E-state index contributed by atoms with van der Waals surface area (Å²) in [7, 11) is 0. The van der Waals surface area contributed by atoms with Crippen molar-refractivity contribution in [1.82, 2.24) is 16.2 Å². The molecule has 0 fully saturated rings. The fraction of sp³-hybridized carbons (Fsp3) is 0.333. The van der Waals surface area contributed by atoms with Crippen LogP contribution in [0.1, 0.15) is 24.2 Å². The van der Waals surface area contributed by atoms with Crippen LogP contribution in [-0.2, 0) is 0 Å². The van der Waals surface area contributed by atoms with E-state index in [4.69, 9.17) is 17.0 Å². The third kappa shape index (κ3) is 4.58. The maximum atomic E-state index is 11.8. The van der Waals surface area contributed by atoms with Gasteiger partial charge in [-0.1, -0.05) is 6.07 Å². The van der Waals surface area contributed by atoms with Gasteiger partial charge in [-0.05, 0) is 44.3 Å². The summed E-state index contributed by atoms with van der Waals surface area (Å²) in [6.07, 6.45) is 0. The van der Waals surface area contributed by atoms with Gasteiger partial charge in [0.15, 0.2) is 5.11 Å². The van der Waals surface area contributed by atoms with Crippen LogP contribution in [0.3, 0.4) is 0 Å². The van der Waals surface area contributed by atoms with Crippen molar-refractivity contribution in [3.05, 3.63) is 29.8 Å². The molecule has 0 heterocycles. The number of hydrazine groups is 1. The molecule has 5 nitrogen and oxygen atoms in total. The van der Waals surface area contributed by atoms with Crippen molar-refractivity contribution in [2.75, 3.05) is 13.2 Å². The molecule has 0 aliphatic heterocycles. The van der Waals surface area contributed by atoms with E-state index >= 15 is 0 Å². The number of amides is 1. The summed E-state index contributed by atoms with van der Waals surface area (Å²) >= 11 is 4.93. The molecular weight excluding hydrogens is 250 g/mol. The van der Waals surface area contributed by atoms with Gasteiger partial charge in [0.2, 0.25) is 0 Å². The van der Waals surface area contributed by atoms with Crippen molar-refractivity contribution in [2.24, 2.45) is 0 Å². The van der Waals surface area contributed by atoms with E-state index in [-0.39, 0.29) is 5.91 Å². The lowest BCUT2D eigenvalue weighted by Gasteiger charge is -2.10. The van der Waals surface area contributed by atoms with Crippen LogP contribution in [0.25, 0.3) is 0 Å². The fourth-order valence-electron chi connectivity index (χ4n) is 1.28. The second kappa shape index (κ2) is 7.50. The topological polar surface area (TPSA) is 62.4 Å². The molecule has 0 radical (unpaired) electrons. The fourth-order valence-corrected chi connectivity index (χ4v) is 1.48. The highest BCUT2D eigenvalue weighted by Crippen LogP contribution is 2.12. The molecule has 1 amide bonds. The van der Waals surface area contributed by atoms with Crippen molar-refractivity contribution in [3.63, 3.8) is 0 Å². The first-order valence-electron chi connectivity index (χ1n) is 5.74. The predicted molar refractivity (Wildman–Crippen MR) is 74.5 cm³/mol. The number of nitrogens with one attached hydrogen (secondary N) is 3. The van der Waals surface area contributed by atoms with E-state index in [1.807, 2.05) is 13.8 Å². The standard InChI is InChI=1S/C12H17N3O2S/c1-3-13-12(18)15-14-11(16)9-6-5-7-10(8-9)17-4-2/h5-8H,3-4H2,1-2H3,(H,14,16)(H2,13,15,18). The quantitative estimate of drug-likeness (QED) is 0.565. The summed E-state index contributed by atoms with van der Waals surface area (Å²) in [6, 6.07) is 6.95. The molecule has 0 saturated heterocycles. The lowest BCUT2D eigenvalue weighted by molar-refractivity contribution is 0.0943. The molecule has 0 aliphatic rings. The molecule has 1 rings (SSSR count). The van der Waals surface area contributed by atoms with Crippen LogP contribution in [0.15, 0.2) is 24.3 Å². The summed E-state index contributed by atoms with van der Waals surface area (Å²) in [5.74, 6) is 0.399. The SMILES string of the molecule is CCNC(=S)NNC(=O)c1cccc(OCC)c1.